The normalized spacial score (nSPS) is 10.5. The van der Waals surface area contributed by atoms with E-state index in [1.807, 2.05) is 36.1 Å². The Labute approximate surface area is 70.6 Å². The van der Waals surface area contributed by atoms with E-state index in [0.717, 1.165) is 16.7 Å². The van der Waals surface area contributed by atoms with Crippen LogP contribution in [-0.4, -0.2) is 16.9 Å². The van der Waals surface area contributed by atoms with Crippen LogP contribution in [0.15, 0.2) is 24.4 Å². The van der Waals surface area contributed by atoms with Gasteiger partial charge in [-0.15, -0.1) is 0 Å². The van der Waals surface area contributed by atoms with Crippen molar-refractivity contribution in [3.05, 3.63) is 24.4 Å². The fourth-order valence-electron chi connectivity index (χ4n) is 1.36. The number of methoxy groups -OCH3 is 1. The van der Waals surface area contributed by atoms with Crippen LogP contribution in [0.1, 0.15) is 0 Å². The molecule has 1 aromatic heterocycles. The smallest absolute Gasteiger partial charge is 0.144 e. The third-order valence-electron chi connectivity index (χ3n) is 1.94. The second-order valence-corrected chi connectivity index (χ2v) is 2.67. The molecule has 0 N–H and O–H groups in total. The molecule has 2 rings (SSSR count). The van der Waals surface area contributed by atoms with Crippen molar-refractivity contribution in [3.8, 4) is 5.75 Å². The van der Waals surface area contributed by atoms with Gasteiger partial charge in [-0.3, -0.25) is 4.68 Å². The van der Waals surface area contributed by atoms with Crippen LogP contribution in [0, 0.1) is 0 Å². The van der Waals surface area contributed by atoms with Gasteiger partial charge in [0.1, 0.15) is 11.3 Å². The summed E-state index contributed by atoms with van der Waals surface area (Å²) in [6, 6.07) is 5.91. The standard InChI is InChI=1S/C9H10N2O/c1-11-9-7(6-10-11)4-3-5-8(9)12-2/h3-6H,1-2H3. The third kappa shape index (κ3) is 0.863. The molecule has 0 aliphatic heterocycles. The number of para-hydroxylation sites is 1. The molecule has 0 unspecified atom stereocenters. The number of ether oxygens (including phenoxy) is 1. The quantitative estimate of drug-likeness (QED) is 0.636. The van der Waals surface area contributed by atoms with Gasteiger partial charge in [-0.05, 0) is 6.07 Å². The van der Waals surface area contributed by atoms with Gasteiger partial charge in [-0.2, -0.15) is 5.10 Å². The van der Waals surface area contributed by atoms with Crippen molar-refractivity contribution in [1.29, 1.82) is 0 Å². The van der Waals surface area contributed by atoms with E-state index in [4.69, 9.17) is 4.74 Å². The van der Waals surface area contributed by atoms with Gasteiger partial charge in [0.2, 0.25) is 0 Å². The minimum absolute atomic E-state index is 0.868. The molecule has 0 amide bonds. The van der Waals surface area contributed by atoms with Gasteiger partial charge < -0.3 is 4.74 Å². The number of aryl methyl sites for hydroxylation is 1. The monoisotopic (exact) mass is 162 g/mol. The Hall–Kier alpha value is -1.51. The molecule has 0 saturated carbocycles. The van der Waals surface area contributed by atoms with E-state index >= 15 is 0 Å². The maximum Gasteiger partial charge on any atom is 0.144 e. The number of hydrogen-bond donors (Lipinski definition) is 0. The number of nitrogens with zero attached hydrogens (tertiary/aromatic N) is 2. The van der Waals surface area contributed by atoms with Crippen LogP contribution in [0.5, 0.6) is 5.75 Å². The lowest BCUT2D eigenvalue weighted by atomic mass is 10.2. The zero-order valence-corrected chi connectivity index (χ0v) is 7.11. The Morgan fingerprint density at radius 3 is 3.00 bits per heavy atom. The minimum Gasteiger partial charge on any atom is -0.494 e. The fourth-order valence-corrected chi connectivity index (χ4v) is 1.36. The molecule has 1 aromatic carbocycles. The lowest BCUT2D eigenvalue weighted by Gasteiger charge is -2.01. The highest BCUT2D eigenvalue weighted by atomic mass is 16.5. The van der Waals surface area contributed by atoms with E-state index < -0.39 is 0 Å². The van der Waals surface area contributed by atoms with Crippen molar-refractivity contribution in [2.24, 2.45) is 7.05 Å². The molecule has 0 spiro atoms. The van der Waals surface area contributed by atoms with Crippen LogP contribution in [0.4, 0.5) is 0 Å². The van der Waals surface area contributed by atoms with Crippen molar-refractivity contribution in [1.82, 2.24) is 9.78 Å². The van der Waals surface area contributed by atoms with Crippen LogP contribution in [-0.2, 0) is 7.05 Å². The van der Waals surface area contributed by atoms with Gasteiger partial charge >= 0.3 is 0 Å². The van der Waals surface area contributed by atoms with E-state index in [1.165, 1.54) is 0 Å². The van der Waals surface area contributed by atoms with Crippen LogP contribution in [0.3, 0.4) is 0 Å². The number of aromatic nitrogens is 2. The van der Waals surface area contributed by atoms with E-state index in [9.17, 15) is 0 Å². The van der Waals surface area contributed by atoms with Gasteiger partial charge in [0.15, 0.2) is 0 Å². The highest BCUT2D eigenvalue weighted by Crippen LogP contribution is 2.23. The van der Waals surface area contributed by atoms with E-state index in [0.29, 0.717) is 0 Å². The second kappa shape index (κ2) is 2.52. The molecule has 3 nitrogen and oxygen atoms in total. The summed E-state index contributed by atoms with van der Waals surface area (Å²) in [7, 11) is 3.58. The Bertz CT molecular complexity index is 406. The topological polar surface area (TPSA) is 27.1 Å². The Balaban J connectivity index is 2.84. The molecular weight excluding hydrogens is 152 g/mol. The van der Waals surface area contributed by atoms with Gasteiger partial charge in [0, 0.05) is 12.4 Å². The molecule has 2 aromatic rings. The molecule has 0 bridgehead atoms. The molecule has 0 aliphatic carbocycles. The Morgan fingerprint density at radius 1 is 1.42 bits per heavy atom. The lowest BCUT2D eigenvalue weighted by molar-refractivity contribution is 0.417. The molecule has 0 radical (unpaired) electrons. The third-order valence-corrected chi connectivity index (χ3v) is 1.94. The van der Waals surface area contributed by atoms with Crippen LogP contribution >= 0.6 is 0 Å². The summed E-state index contributed by atoms with van der Waals surface area (Å²) in [5.41, 5.74) is 1.04. The summed E-state index contributed by atoms with van der Waals surface area (Å²) >= 11 is 0. The molecule has 0 atom stereocenters. The van der Waals surface area contributed by atoms with Crippen LogP contribution in [0.2, 0.25) is 0 Å². The maximum absolute atomic E-state index is 5.21. The zero-order valence-electron chi connectivity index (χ0n) is 7.11. The van der Waals surface area contributed by atoms with Crippen molar-refractivity contribution in [3.63, 3.8) is 0 Å². The SMILES string of the molecule is COc1cccc2cnn(C)c12. The number of hydrogen-bond acceptors (Lipinski definition) is 2. The molecule has 1 heterocycles. The van der Waals surface area contributed by atoms with E-state index in [-0.39, 0.29) is 0 Å². The summed E-state index contributed by atoms with van der Waals surface area (Å²) in [6.07, 6.45) is 1.83. The van der Waals surface area contributed by atoms with Gasteiger partial charge in [0.05, 0.1) is 13.3 Å². The Kier molecular flexibility index (Phi) is 1.50. The van der Waals surface area contributed by atoms with Gasteiger partial charge in [0.25, 0.3) is 0 Å². The summed E-state index contributed by atoms with van der Waals surface area (Å²) < 4.78 is 7.02. The summed E-state index contributed by atoms with van der Waals surface area (Å²) in [6.45, 7) is 0. The first-order chi connectivity index (χ1) is 5.83. The average molecular weight is 162 g/mol. The first kappa shape index (κ1) is 7.16. The van der Waals surface area contributed by atoms with Gasteiger partial charge in [-0.1, -0.05) is 12.1 Å². The molecule has 3 heteroatoms. The molecule has 62 valence electrons. The van der Waals surface area contributed by atoms with E-state index in [2.05, 4.69) is 5.10 Å². The van der Waals surface area contributed by atoms with Crippen molar-refractivity contribution < 1.29 is 4.74 Å². The number of fused-ring (bicyclic) bond motifs is 1. The zero-order chi connectivity index (χ0) is 8.55. The maximum atomic E-state index is 5.21. The molecule has 12 heavy (non-hydrogen) atoms. The van der Waals surface area contributed by atoms with E-state index in [1.54, 1.807) is 7.11 Å². The first-order valence-electron chi connectivity index (χ1n) is 3.77. The second-order valence-electron chi connectivity index (χ2n) is 2.67. The predicted molar refractivity (Wildman–Crippen MR) is 47.3 cm³/mol. The van der Waals surface area contributed by atoms with Crippen LogP contribution < -0.4 is 4.74 Å². The van der Waals surface area contributed by atoms with Gasteiger partial charge in [-0.25, -0.2) is 0 Å². The van der Waals surface area contributed by atoms with Crippen molar-refractivity contribution in [2.75, 3.05) is 7.11 Å². The Morgan fingerprint density at radius 2 is 2.25 bits per heavy atom. The molecule has 0 aliphatic rings. The summed E-state index contributed by atoms with van der Waals surface area (Å²) in [5, 5.41) is 5.25. The minimum atomic E-state index is 0.868. The summed E-state index contributed by atoms with van der Waals surface area (Å²) in [5.74, 6) is 0.868. The molecule has 0 fully saturated rings. The summed E-state index contributed by atoms with van der Waals surface area (Å²) in [4.78, 5) is 0. The number of rotatable bonds is 1. The first-order valence-corrected chi connectivity index (χ1v) is 3.77. The van der Waals surface area contributed by atoms with Crippen LogP contribution in [0.25, 0.3) is 10.9 Å². The predicted octanol–water partition coefficient (Wildman–Crippen LogP) is 1.58. The fraction of sp³-hybridized carbons (Fsp3) is 0.222. The lowest BCUT2D eigenvalue weighted by Crippen LogP contribution is -1.92. The van der Waals surface area contributed by atoms with Crippen molar-refractivity contribution in [2.45, 2.75) is 0 Å². The molecular formula is C9H10N2O. The highest BCUT2D eigenvalue weighted by Gasteiger charge is 2.03. The van der Waals surface area contributed by atoms with Crippen molar-refractivity contribution >= 4 is 10.9 Å². The highest BCUT2D eigenvalue weighted by molar-refractivity contribution is 5.84. The largest absolute Gasteiger partial charge is 0.494 e. The molecule has 0 saturated heterocycles. The number of benzene rings is 1. The average Bonchev–Trinajstić information content (AvgIpc) is 2.48.